The molecule has 0 aliphatic rings. The van der Waals surface area contributed by atoms with E-state index in [1.807, 2.05) is 30.3 Å². The maximum Gasteiger partial charge on any atom is 0.224 e. The smallest absolute Gasteiger partial charge is 0.224 e. The molecule has 4 nitrogen and oxygen atoms in total. The summed E-state index contributed by atoms with van der Waals surface area (Å²) in [7, 11) is 0. The fourth-order valence-electron chi connectivity index (χ4n) is 4.33. The average molecular weight is 481 g/mol. The van der Waals surface area contributed by atoms with Gasteiger partial charge in [-0.2, -0.15) is 9.37 Å². The Bertz CT molecular complexity index is 1020. The lowest BCUT2D eigenvalue weighted by Gasteiger charge is -2.14. The van der Waals surface area contributed by atoms with Crippen molar-refractivity contribution in [1.82, 2.24) is 9.97 Å². The fraction of sp³-hybridized carbons (Fsp3) is 0.533. The predicted octanol–water partition coefficient (Wildman–Crippen LogP) is 8.91. The second kappa shape index (κ2) is 15.3. The first kappa shape index (κ1) is 26.9. The first-order valence-electron chi connectivity index (χ1n) is 13.5. The lowest BCUT2D eigenvalue weighted by molar-refractivity contribution is 0.290. The number of pyridine rings is 2. The lowest BCUT2D eigenvalue weighted by Crippen LogP contribution is -2.02. The molecule has 0 saturated heterocycles. The van der Waals surface area contributed by atoms with Crippen LogP contribution < -0.4 is 9.47 Å². The van der Waals surface area contributed by atoms with Gasteiger partial charge in [0.1, 0.15) is 11.4 Å². The molecule has 0 aliphatic heterocycles. The van der Waals surface area contributed by atoms with E-state index in [1.165, 1.54) is 57.8 Å². The average Bonchev–Trinajstić information content (AvgIpc) is 2.88. The summed E-state index contributed by atoms with van der Waals surface area (Å²) < 4.78 is 26.9. The van der Waals surface area contributed by atoms with Gasteiger partial charge in [-0.25, -0.2) is 0 Å². The largest absolute Gasteiger partial charge is 0.491 e. The van der Waals surface area contributed by atoms with Gasteiger partial charge in [0.25, 0.3) is 0 Å². The van der Waals surface area contributed by atoms with Crippen LogP contribution in [0.1, 0.15) is 90.9 Å². The summed E-state index contributed by atoms with van der Waals surface area (Å²) in [6.07, 6.45) is 16.1. The molecule has 0 amide bonds. The summed E-state index contributed by atoms with van der Waals surface area (Å²) in [5.74, 6) is 0.523. The fourth-order valence-corrected chi connectivity index (χ4v) is 4.33. The number of halogens is 1. The van der Waals surface area contributed by atoms with E-state index in [0.29, 0.717) is 24.5 Å². The van der Waals surface area contributed by atoms with Gasteiger partial charge in [-0.15, -0.1) is 0 Å². The van der Waals surface area contributed by atoms with Crippen molar-refractivity contribution in [3.05, 3.63) is 48.5 Å². The maximum atomic E-state index is 14.9. The molecule has 0 bridgehead atoms. The second-order valence-electron chi connectivity index (χ2n) is 9.23. The Kier molecular flexibility index (Phi) is 11.8. The first-order valence-corrected chi connectivity index (χ1v) is 13.5. The minimum absolute atomic E-state index is 0.321. The Labute approximate surface area is 210 Å². The molecule has 0 N–H and O–H groups in total. The molecule has 0 radical (unpaired) electrons. The van der Waals surface area contributed by atoms with Crippen LogP contribution in [0.25, 0.3) is 22.0 Å². The van der Waals surface area contributed by atoms with Crippen molar-refractivity contribution in [1.29, 1.82) is 0 Å². The van der Waals surface area contributed by atoms with E-state index in [4.69, 9.17) is 9.47 Å². The maximum absolute atomic E-state index is 14.9. The van der Waals surface area contributed by atoms with Crippen LogP contribution in [-0.2, 0) is 0 Å². The van der Waals surface area contributed by atoms with Crippen LogP contribution in [0.4, 0.5) is 4.39 Å². The van der Waals surface area contributed by atoms with Gasteiger partial charge in [0.05, 0.1) is 13.2 Å². The Hall–Kier alpha value is -2.69. The van der Waals surface area contributed by atoms with Crippen molar-refractivity contribution in [2.24, 2.45) is 0 Å². The molecule has 2 heterocycles. The van der Waals surface area contributed by atoms with E-state index >= 15 is 0 Å². The van der Waals surface area contributed by atoms with Gasteiger partial charge in [0.15, 0.2) is 0 Å². The van der Waals surface area contributed by atoms with Crippen LogP contribution in [0, 0.1) is 5.95 Å². The van der Waals surface area contributed by atoms with Crippen LogP contribution in [0.2, 0.25) is 0 Å². The minimum Gasteiger partial charge on any atom is -0.491 e. The van der Waals surface area contributed by atoms with Gasteiger partial charge in [-0.1, -0.05) is 90.2 Å². The van der Waals surface area contributed by atoms with Crippen molar-refractivity contribution in [2.45, 2.75) is 90.9 Å². The molecule has 2 aromatic heterocycles. The van der Waals surface area contributed by atoms with Crippen LogP contribution >= 0.6 is 0 Å². The monoisotopic (exact) mass is 480 g/mol. The van der Waals surface area contributed by atoms with E-state index in [2.05, 4.69) is 23.8 Å². The van der Waals surface area contributed by atoms with Gasteiger partial charge in [-0.3, -0.25) is 4.98 Å². The van der Waals surface area contributed by atoms with Crippen molar-refractivity contribution >= 4 is 10.8 Å². The molecule has 3 aromatic rings. The highest BCUT2D eigenvalue weighted by Gasteiger charge is 2.15. The van der Waals surface area contributed by atoms with Crippen molar-refractivity contribution in [3.8, 4) is 22.9 Å². The van der Waals surface area contributed by atoms with Crippen molar-refractivity contribution in [3.63, 3.8) is 0 Å². The van der Waals surface area contributed by atoms with Gasteiger partial charge in [0.2, 0.25) is 11.8 Å². The molecule has 0 unspecified atom stereocenters. The first-order chi connectivity index (χ1) is 17.2. The number of hydrogen-bond acceptors (Lipinski definition) is 4. The molecular formula is C30H41FN2O2. The molecule has 190 valence electrons. The number of nitrogens with zero attached hydrogens (tertiary/aromatic N) is 2. The number of rotatable bonds is 17. The standard InChI is InChI=1S/C30H41FN2O2/c1-3-5-7-9-11-13-21-34-27-19-16-20-32-29(27)24-17-15-18-25-26(24)23-28(33-30(25)31)35-22-14-12-10-8-6-4-2/h15-20,23H,3-14,21-22H2,1-2H3. The zero-order valence-electron chi connectivity index (χ0n) is 21.5. The Morgan fingerprint density at radius 2 is 1.37 bits per heavy atom. The molecule has 5 heteroatoms. The van der Waals surface area contributed by atoms with Crippen LogP contribution in [0.5, 0.6) is 11.6 Å². The number of ether oxygens (including phenoxy) is 2. The summed E-state index contributed by atoms with van der Waals surface area (Å²) in [4.78, 5) is 8.66. The molecule has 1 aromatic carbocycles. The van der Waals surface area contributed by atoms with Crippen molar-refractivity contribution < 1.29 is 13.9 Å². The number of fused-ring (bicyclic) bond motifs is 1. The predicted molar refractivity (Wildman–Crippen MR) is 143 cm³/mol. The Morgan fingerprint density at radius 3 is 2.09 bits per heavy atom. The number of unbranched alkanes of at least 4 members (excludes halogenated alkanes) is 10. The van der Waals surface area contributed by atoms with Gasteiger partial charge < -0.3 is 9.47 Å². The van der Waals surface area contributed by atoms with Gasteiger partial charge >= 0.3 is 0 Å². The molecule has 0 atom stereocenters. The molecule has 35 heavy (non-hydrogen) atoms. The molecule has 0 fully saturated rings. The number of aromatic nitrogens is 2. The van der Waals surface area contributed by atoms with Crippen LogP contribution in [0.3, 0.4) is 0 Å². The summed E-state index contributed by atoms with van der Waals surface area (Å²) in [5.41, 5.74) is 1.54. The zero-order chi connectivity index (χ0) is 24.7. The third-order valence-corrected chi connectivity index (χ3v) is 6.33. The third-order valence-electron chi connectivity index (χ3n) is 6.33. The molecule has 0 aliphatic carbocycles. The topological polar surface area (TPSA) is 44.2 Å². The third kappa shape index (κ3) is 8.48. The van der Waals surface area contributed by atoms with E-state index < -0.39 is 5.95 Å². The highest BCUT2D eigenvalue weighted by Crippen LogP contribution is 2.35. The van der Waals surface area contributed by atoms with Gasteiger partial charge in [0, 0.05) is 28.6 Å². The molecule has 0 spiro atoms. The SMILES string of the molecule is CCCCCCCCOc1cc2c(-c3ncccc3OCCCCCCCC)cccc2c(F)n1. The molecule has 0 saturated carbocycles. The van der Waals surface area contributed by atoms with E-state index in [9.17, 15) is 4.39 Å². The molecular weight excluding hydrogens is 439 g/mol. The highest BCUT2D eigenvalue weighted by molar-refractivity contribution is 5.97. The highest BCUT2D eigenvalue weighted by atomic mass is 19.1. The quantitative estimate of drug-likeness (QED) is 0.143. The molecule has 3 rings (SSSR count). The zero-order valence-corrected chi connectivity index (χ0v) is 21.5. The normalized spacial score (nSPS) is 11.2. The van der Waals surface area contributed by atoms with Crippen LogP contribution in [0.15, 0.2) is 42.6 Å². The van der Waals surface area contributed by atoms with Crippen molar-refractivity contribution in [2.75, 3.05) is 13.2 Å². The van der Waals surface area contributed by atoms with E-state index in [-0.39, 0.29) is 0 Å². The summed E-state index contributed by atoms with van der Waals surface area (Å²) >= 11 is 0. The van der Waals surface area contributed by atoms with Gasteiger partial charge in [-0.05, 0) is 31.0 Å². The number of hydrogen-bond donors (Lipinski definition) is 0. The summed E-state index contributed by atoms with van der Waals surface area (Å²) in [6, 6.07) is 11.2. The van der Waals surface area contributed by atoms with E-state index in [0.717, 1.165) is 41.7 Å². The summed E-state index contributed by atoms with van der Waals surface area (Å²) in [5, 5.41) is 1.20. The lowest BCUT2D eigenvalue weighted by atomic mass is 10.0. The second-order valence-corrected chi connectivity index (χ2v) is 9.23. The summed E-state index contributed by atoms with van der Waals surface area (Å²) in [6.45, 7) is 5.64. The minimum atomic E-state index is -0.521. The number of benzene rings is 1. The van der Waals surface area contributed by atoms with E-state index in [1.54, 1.807) is 12.3 Å². The Morgan fingerprint density at radius 1 is 0.714 bits per heavy atom. The Balaban J connectivity index is 1.69. The van der Waals surface area contributed by atoms with Crippen LogP contribution in [-0.4, -0.2) is 23.2 Å².